The summed E-state index contributed by atoms with van der Waals surface area (Å²) in [6.07, 6.45) is 1.57. The SMILES string of the molecule is Cc1ccc(-n2c(OC(=O)C(C)(C)C)c3cnc4ccccc4n3c2=O)cc1. The summed E-state index contributed by atoms with van der Waals surface area (Å²) in [5.41, 5.74) is 2.46. The number of para-hydroxylation sites is 2. The van der Waals surface area contributed by atoms with E-state index in [-0.39, 0.29) is 11.6 Å². The summed E-state index contributed by atoms with van der Waals surface area (Å²) in [5.74, 6) is -0.249. The number of carbonyl (C=O) groups excluding carboxylic acids is 1. The minimum Gasteiger partial charge on any atom is -0.406 e. The first-order chi connectivity index (χ1) is 13.3. The number of hydrogen-bond acceptors (Lipinski definition) is 4. The first-order valence-electron chi connectivity index (χ1n) is 9.08. The van der Waals surface area contributed by atoms with Gasteiger partial charge in [0.15, 0.2) is 0 Å². The van der Waals surface area contributed by atoms with Crippen LogP contribution in [0.1, 0.15) is 26.3 Å². The Bertz CT molecular complexity index is 1260. The summed E-state index contributed by atoms with van der Waals surface area (Å²) in [4.78, 5) is 30.4. The lowest BCUT2D eigenvalue weighted by molar-refractivity contribution is -0.143. The van der Waals surface area contributed by atoms with Crippen molar-refractivity contribution in [3.05, 3.63) is 70.8 Å². The van der Waals surface area contributed by atoms with Crippen molar-refractivity contribution in [3.63, 3.8) is 0 Å². The first kappa shape index (κ1) is 18.0. The maximum absolute atomic E-state index is 13.4. The molecule has 0 N–H and O–H groups in total. The number of hydrogen-bond donors (Lipinski definition) is 0. The van der Waals surface area contributed by atoms with E-state index in [1.807, 2.05) is 55.5 Å². The van der Waals surface area contributed by atoms with Crippen LogP contribution in [-0.2, 0) is 4.79 Å². The number of imidazole rings is 1. The Morgan fingerprint density at radius 2 is 1.68 bits per heavy atom. The normalized spacial score (nSPS) is 11.9. The van der Waals surface area contributed by atoms with Crippen molar-refractivity contribution in [2.45, 2.75) is 27.7 Å². The van der Waals surface area contributed by atoms with Gasteiger partial charge >= 0.3 is 11.7 Å². The van der Waals surface area contributed by atoms with Crippen LogP contribution in [0.15, 0.2) is 59.5 Å². The number of esters is 1. The number of rotatable bonds is 2. The molecule has 0 fully saturated rings. The highest BCUT2D eigenvalue weighted by molar-refractivity contribution is 5.83. The first-order valence-corrected chi connectivity index (χ1v) is 9.08. The lowest BCUT2D eigenvalue weighted by atomic mass is 9.97. The molecule has 0 saturated carbocycles. The molecular weight excluding hydrogens is 354 g/mol. The van der Waals surface area contributed by atoms with E-state index in [0.717, 1.165) is 5.56 Å². The summed E-state index contributed by atoms with van der Waals surface area (Å²) >= 11 is 0. The van der Waals surface area contributed by atoms with E-state index < -0.39 is 11.4 Å². The van der Waals surface area contributed by atoms with Gasteiger partial charge in [0.05, 0.1) is 28.3 Å². The Hall–Kier alpha value is -3.41. The number of nitrogens with zero attached hydrogens (tertiary/aromatic N) is 3. The predicted molar refractivity (Wildman–Crippen MR) is 108 cm³/mol. The number of fused-ring (bicyclic) bond motifs is 3. The van der Waals surface area contributed by atoms with Crippen LogP contribution in [0, 0.1) is 12.3 Å². The standard InChI is InChI=1S/C22H21N3O3/c1-14-9-11-15(12-10-14)24-19(28-20(26)22(2,3)4)18-13-23-16-7-5-6-8-17(16)25(18)21(24)27/h5-13H,1-4H3. The third kappa shape index (κ3) is 2.87. The molecule has 0 aliphatic carbocycles. The summed E-state index contributed by atoms with van der Waals surface area (Å²) < 4.78 is 8.70. The van der Waals surface area contributed by atoms with Crippen molar-refractivity contribution in [2.24, 2.45) is 5.41 Å². The maximum atomic E-state index is 13.4. The molecule has 2 heterocycles. The molecule has 6 nitrogen and oxygen atoms in total. The zero-order chi connectivity index (χ0) is 20.1. The maximum Gasteiger partial charge on any atom is 0.340 e. The van der Waals surface area contributed by atoms with Crippen LogP contribution in [0.3, 0.4) is 0 Å². The lowest BCUT2D eigenvalue weighted by Crippen LogP contribution is -2.27. The Labute approximate surface area is 162 Å². The van der Waals surface area contributed by atoms with Crippen LogP contribution in [0.2, 0.25) is 0 Å². The smallest absolute Gasteiger partial charge is 0.340 e. The number of aryl methyl sites for hydroxylation is 1. The van der Waals surface area contributed by atoms with E-state index >= 15 is 0 Å². The van der Waals surface area contributed by atoms with Gasteiger partial charge in [0.1, 0.15) is 5.52 Å². The molecule has 6 heteroatoms. The highest BCUT2D eigenvalue weighted by atomic mass is 16.5. The highest BCUT2D eigenvalue weighted by Crippen LogP contribution is 2.28. The van der Waals surface area contributed by atoms with Crippen LogP contribution in [0.4, 0.5) is 0 Å². The van der Waals surface area contributed by atoms with Gasteiger partial charge in [0, 0.05) is 0 Å². The molecule has 0 bridgehead atoms. The van der Waals surface area contributed by atoms with Crippen molar-refractivity contribution >= 4 is 22.5 Å². The topological polar surface area (TPSA) is 65.6 Å². The summed E-state index contributed by atoms with van der Waals surface area (Å²) in [6.45, 7) is 7.29. The molecule has 0 radical (unpaired) electrons. The van der Waals surface area contributed by atoms with Gasteiger partial charge in [-0.2, -0.15) is 0 Å². The van der Waals surface area contributed by atoms with Gasteiger partial charge in [-0.3, -0.25) is 14.2 Å². The Kier molecular flexibility index (Phi) is 4.07. The van der Waals surface area contributed by atoms with Crippen molar-refractivity contribution in [2.75, 3.05) is 0 Å². The van der Waals surface area contributed by atoms with E-state index in [2.05, 4.69) is 4.98 Å². The van der Waals surface area contributed by atoms with Crippen molar-refractivity contribution in [1.29, 1.82) is 0 Å². The zero-order valence-corrected chi connectivity index (χ0v) is 16.3. The van der Waals surface area contributed by atoms with Gasteiger partial charge < -0.3 is 4.74 Å². The number of carbonyl (C=O) groups is 1. The van der Waals surface area contributed by atoms with E-state index in [4.69, 9.17) is 4.74 Å². The molecular formula is C22H21N3O3. The van der Waals surface area contributed by atoms with Crippen LogP contribution < -0.4 is 10.4 Å². The number of ether oxygens (including phenoxy) is 1. The third-order valence-corrected chi connectivity index (χ3v) is 4.59. The molecule has 0 saturated heterocycles. The van der Waals surface area contributed by atoms with Gasteiger partial charge in [-0.05, 0) is 52.0 Å². The van der Waals surface area contributed by atoms with Crippen LogP contribution in [0.25, 0.3) is 22.2 Å². The fraction of sp³-hybridized carbons (Fsp3) is 0.227. The second kappa shape index (κ2) is 6.34. The molecule has 0 aliphatic heterocycles. The molecule has 2 aromatic carbocycles. The van der Waals surface area contributed by atoms with Gasteiger partial charge in [-0.25, -0.2) is 9.36 Å². The lowest BCUT2D eigenvalue weighted by Gasteiger charge is -2.17. The molecule has 0 spiro atoms. The fourth-order valence-corrected chi connectivity index (χ4v) is 3.00. The Balaban J connectivity index is 2.07. The second-order valence-corrected chi connectivity index (χ2v) is 7.87. The molecule has 4 rings (SSSR count). The van der Waals surface area contributed by atoms with E-state index in [9.17, 15) is 9.59 Å². The third-order valence-electron chi connectivity index (χ3n) is 4.59. The van der Waals surface area contributed by atoms with E-state index in [1.54, 1.807) is 27.0 Å². The van der Waals surface area contributed by atoms with Gasteiger partial charge in [-0.1, -0.05) is 29.8 Å². The number of benzene rings is 2. The fourth-order valence-electron chi connectivity index (χ4n) is 3.00. The monoisotopic (exact) mass is 375 g/mol. The van der Waals surface area contributed by atoms with Gasteiger partial charge in [0.25, 0.3) is 0 Å². The minimum absolute atomic E-state index is 0.173. The van der Waals surface area contributed by atoms with Gasteiger partial charge in [0.2, 0.25) is 5.88 Å². The Morgan fingerprint density at radius 1 is 1.00 bits per heavy atom. The van der Waals surface area contributed by atoms with Crippen LogP contribution in [0.5, 0.6) is 5.88 Å². The van der Waals surface area contributed by atoms with Crippen molar-refractivity contribution < 1.29 is 9.53 Å². The average Bonchev–Trinajstić information content (AvgIpc) is 2.94. The molecule has 28 heavy (non-hydrogen) atoms. The predicted octanol–water partition coefficient (Wildman–Crippen LogP) is 3.90. The number of aromatic nitrogens is 3. The van der Waals surface area contributed by atoms with Gasteiger partial charge in [-0.15, -0.1) is 0 Å². The highest BCUT2D eigenvalue weighted by Gasteiger charge is 2.28. The second-order valence-electron chi connectivity index (χ2n) is 7.87. The molecule has 0 aliphatic rings. The molecule has 4 aromatic rings. The molecule has 2 aromatic heterocycles. The quantitative estimate of drug-likeness (QED) is 0.499. The van der Waals surface area contributed by atoms with E-state index in [1.165, 1.54) is 8.97 Å². The minimum atomic E-state index is -0.716. The summed E-state index contributed by atoms with van der Waals surface area (Å²) in [6, 6.07) is 14.9. The molecule has 0 amide bonds. The van der Waals surface area contributed by atoms with Crippen LogP contribution in [-0.4, -0.2) is 19.9 Å². The molecule has 0 atom stereocenters. The van der Waals surface area contributed by atoms with Crippen molar-refractivity contribution in [1.82, 2.24) is 14.0 Å². The summed E-state index contributed by atoms with van der Waals surface area (Å²) in [7, 11) is 0. The zero-order valence-electron chi connectivity index (χ0n) is 16.3. The molecule has 142 valence electrons. The average molecular weight is 375 g/mol. The van der Waals surface area contributed by atoms with Crippen LogP contribution >= 0.6 is 0 Å². The summed E-state index contributed by atoms with van der Waals surface area (Å²) in [5, 5.41) is 0. The van der Waals surface area contributed by atoms with Crippen molar-refractivity contribution in [3.8, 4) is 11.6 Å². The van der Waals surface area contributed by atoms with E-state index in [0.29, 0.717) is 22.2 Å². The largest absolute Gasteiger partial charge is 0.406 e. The molecule has 0 unspecified atom stereocenters. The Morgan fingerprint density at radius 3 is 2.36 bits per heavy atom.